The zero-order chi connectivity index (χ0) is 13.5. The molecule has 4 nitrogen and oxygen atoms in total. The third-order valence-corrected chi connectivity index (χ3v) is 3.32. The van der Waals surface area contributed by atoms with Crippen LogP contribution in [0.3, 0.4) is 0 Å². The zero-order valence-corrected chi connectivity index (χ0v) is 12.5. The van der Waals surface area contributed by atoms with Crippen molar-refractivity contribution in [2.24, 2.45) is 0 Å². The van der Waals surface area contributed by atoms with E-state index in [-0.39, 0.29) is 0 Å². The highest BCUT2D eigenvalue weighted by molar-refractivity contribution is 6.31. The van der Waals surface area contributed by atoms with Crippen molar-refractivity contribution in [1.82, 2.24) is 15.1 Å². The van der Waals surface area contributed by atoms with Gasteiger partial charge in [-0.05, 0) is 27.2 Å². The molecule has 0 aromatic carbocycles. The first-order valence-electron chi connectivity index (χ1n) is 6.69. The highest BCUT2D eigenvalue weighted by atomic mass is 35.5. The Labute approximate surface area is 115 Å². The minimum Gasteiger partial charge on any atom is -0.380 e. The fraction of sp³-hybridized carbons (Fsp3) is 0.769. The van der Waals surface area contributed by atoms with Gasteiger partial charge in [-0.25, -0.2) is 0 Å². The van der Waals surface area contributed by atoms with Crippen LogP contribution in [-0.4, -0.2) is 29.0 Å². The molecule has 1 atom stereocenters. The van der Waals surface area contributed by atoms with Crippen molar-refractivity contribution in [2.45, 2.75) is 53.2 Å². The molecule has 0 bridgehead atoms. The SMILES string of the molecule is CCOCC(C)NCc1c(Cl)c(CC)nn1CC. The van der Waals surface area contributed by atoms with Crippen LogP contribution in [0.25, 0.3) is 0 Å². The van der Waals surface area contributed by atoms with Crippen molar-refractivity contribution in [1.29, 1.82) is 0 Å². The summed E-state index contributed by atoms with van der Waals surface area (Å²) in [6, 6.07) is 0.311. The maximum Gasteiger partial charge on any atom is 0.0863 e. The summed E-state index contributed by atoms with van der Waals surface area (Å²) in [5, 5.41) is 8.72. The minimum atomic E-state index is 0.311. The molecule has 1 rings (SSSR count). The predicted molar refractivity (Wildman–Crippen MR) is 75.1 cm³/mol. The molecule has 0 aliphatic heterocycles. The van der Waals surface area contributed by atoms with Gasteiger partial charge in [-0.1, -0.05) is 18.5 Å². The number of nitrogens with zero attached hydrogens (tertiary/aromatic N) is 2. The van der Waals surface area contributed by atoms with E-state index < -0.39 is 0 Å². The second-order valence-electron chi connectivity index (χ2n) is 4.32. The van der Waals surface area contributed by atoms with Gasteiger partial charge in [0.25, 0.3) is 0 Å². The van der Waals surface area contributed by atoms with E-state index in [1.165, 1.54) is 0 Å². The monoisotopic (exact) mass is 273 g/mol. The maximum atomic E-state index is 6.34. The van der Waals surface area contributed by atoms with E-state index in [2.05, 4.69) is 31.2 Å². The van der Waals surface area contributed by atoms with Crippen molar-refractivity contribution in [3.05, 3.63) is 16.4 Å². The minimum absolute atomic E-state index is 0.311. The molecule has 0 saturated carbocycles. The van der Waals surface area contributed by atoms with Crippen molar-refractivity contribution in [2.75, 3.05) is 13.2 Å². The Bertz CT molecular complexity index is 365. The number of ether oxygens (including phenoxy) is 1. The summed E-state index contributed by atoms with van der Waals surface area (Å²) in [5.74, 6) is 0. The molecule has 1 aromatic heterocycles. The molecule has 1 unspecified atom stereocenters. The largest absolute Gasteiger partial charge is 0.380 e. The summed E-state index contributed by atoms with van der Waals surface area (Å²) in [5.41, 5.74) is 2.05. The quantitative estimate of drug-likeness (QED) is 0.791. The number of halogens is 1. The Kier molecular flexibility index (Phi) is 6.68. The third-order valence-electron chi connectivity index (χ3n) is 2.88. The maximum absolute atomic E-state index is 6.34. The molecule has 0 fully saturated rings. The standard InChI is InChI=1S/C13H24ClN3O/c1-5-11-13(14)12(17(6-2)16-11)8-15-10(4)9-18-7-3/h10,15H,5-9H2,1-4H3. The summed E-state index contributed by atoms with van der Waals surface area (Å²) in [6.45, 7) is 11.3. The zero-order valence-electron chi connectivity index (χ0n) is 11.8. The van der Waals surface area contributed by atoms with Crippen LogP contribution in [0, 0.1) is 0 Å². The van der Waals surface area contributed by atoms with Crippen LogP contribution in [0.5, 0.6) is 0 Å². The van der Waals surface area contributed by atoms with Gasteiger partial charge in [0.1, 0.15) is 0 Å². The van der Waals surface area contributed by atoms with Gasteiger partial charge in [0, 0.05) is 25.7 Å². The number of rotatable bonds is 8. The van der Waals surface area contributed by atoms with Crippen molar-refractivity contribution in [3.63, 3.8) is 0 Å². The summed E-state index contributed by atoms with van der Waals surface area (Å²) < 4.78 is 7.35. The van der Waals surface area contributed by atoms with Crippen molar-refractivity contribution < 1.29 is 4.74 Å². The summed E-state index contributed by atoms with van der Waals surface area (Å²) >= 11 is 6.34. The predicted octanol–water partition coefficient (Wildman–Crippen LogP) is 2.63. The van der Waals surface area contributed by atoms with E-state index in [1.54, 1.807) is 0 Å². The Morgan fingerprint density at radius 3 is 2.67 bits per heavy atom. The molecule has 0 aliphatic carbocycles. The Morgan fingerprint density at radius 2 is 2.11 bits per heavy atom. The number of aryl methyl sites for hydroxylation is 2. The van der Waals surface area contributed by atoms with Gasteiger partial charge in [0.05, 0.1) is 23.0 Å². The molecular formula is C13H24ClN3O. The van der Waals surface area contributed by atoms with Crippen LogP contribution in [0.4, 0.5) is 0 Å². The van der Waals surface area contributed by atoms with Crippen LogP contribution in [0.1, 0.15) is 39.1 Å². The van der Waals surface area contributed by atoms with Crippen LogP contribution in [-0.2, 0) is 24.2 Å². The Balaban J connectivity index is 2.63. The van der Waals surface area contributed by atoms with Gasteiger partial charge in [-0.2, -0.15) is 5.10 Å². The van der Waals surface area contributed by atoms with Gasteiger partial charge >= 0.3 is 0 Å². The van der Waals surface area contributed by atoms with Crippen LogP contribution >= 0.6 is 11.6 Å². The van der Waals surface area contributed by atoms with Crippen molar-refractivity contribution in [3.8, 4) is 0 Å². The van der Waals surface area contributed by atoms with Gasteiger partial charge in [-0.3, -0.25) is 4.68 Å². The van der Waals surface area contributed by atoms with E-state index in [4.69, 9.17) is 16.3 Å². The fourth-order valence-electron chi connectivity index (χ4n) is 1.81. The molecule has 18 heavy (non-hydrogen) atoms. The highest BCUT2D eigenvalue weighted by Gasteiger charge is 2.14. The summed E-state index contributed by atoms with van der Waals surface area (Å²) in [6.07, 6.45) is 0.868. The molecule has 0 spiro atoms. The lowest BCUT2D eigenvalue weighted by molar-refractivity contribution is 0.126. The average molecular weight is 274 g/mol. The number of hydrogen-bond acceptors (Lipinski definition) is 3. The Morgan fingerprint density at radius 1 is 1.39 bits per heavy atom. The van der Waals surface area contributed by atoms with E-state index in [0.717, 1.165) is 49.1 Å². The number of aromatic nitrogens is 2. The molecule has 1 aromatic rings. The third kappa shape index (κ3) is 3.97. The van der Waals surface area contributed by atoms with Crippen molar-refractivity contribution >= 4 is 11.6 Å². The fourth-order valence-corrected chi connectivity index (χ4v) is 2.15. The van der Waals surface area contributed by atoms with Crippen LogP contribution in [0.2, 0.25) is 5.02 Å². The van der Waals surface area contributed by atoms with E-state index in [9.17, 15) is 0 Å². The molecule has 1 heterocycles. The van der Waals surface area contributed by atoms with Gasteiger partial charge in [0.2, 0.25) is 0 Å². The number of nitrogens with one attached hydrogen (secondary N) is 1. The van der Waals surface area contributed by atoms with Crippen LogP contribution in [0.15, 0.2) is 0 Å². The first kappa shape index (κ1) is 15.5. The van der Waals surface area contributed by atoms with Crippen LogP contribution < -0.4 is 5.32 Å². The lowest BCUT2D eigenvalue weighted by atomic mass is 10.3. The second kappa shape index (κ2) is 7.77. The Hall–Kier alpha value is -0.580. The van der Waals surface area contributed by atoms with Gasteiger partial charge in [0.15, 0.2) is 0 Å². The number of hydrogen-bond donors (Lipinski definition) is 1. The lowest BCUT2D eigenvalue weighted by Gasteiger charge is -2.14. The first-order chi connectivity index (χ1) is 8.63. The van der Waals surface area contributed by atoms with Gasteiger partial charge < -0.3 is 10.1 Å². The molecular weight excluding hydrogens is 250 g/mol. The van der Waals surface area contributed by atoms with E-state index in [0.29, 0.717) is 6.04 Å². The molecule has 0 amide bonds. The average Bonchev–Trinajstić information content (AvgIpc) is 2.69. The molecule has 0 aliphatic rings. The smallest absolute Gasteiger partial charge is 0.0863 e. The highest BCUT2D eigenvalue weighted by Crippen LogP contribution is 2.21. The van der Waals surface area contributed by atoms with Gasteiger partial charge in [-0.15, -0.1) is 0 Å². The molecule has 0 saturated heterocycles. The molecule has 104 valence electrons. The molecule has 5 heteroatoms. The second-order valence-corrected chi connectivity index (χ2v) is 4.70. The first-order valence-corrected chi connectivity index (χ1v) is 7.06. The normalized spacial score (nSPS) is 12.9. The van der Waals surface area contributed by atoms with E-state index >= 15 is 0 Å². The topological polar surface area (TPSA) is 39.1 Å². The molecule has 0 radical (unpaired) electrons. The lowest BCUT2D eigenvalue weighted by Crippen LogP contribution is -2.31. The summed E-state index contributed by atoms with van der Waals surface area (Å²) in [4.78, 5) is 0. The summed E-state index contributed by atoms with van der Waals surface area (Å²) in [7, 11) is 0. The molecule has 1 N–H and O–H groups in total. The van der Waals surface area contributed by atoms with E-state index in [1.807, 2.05) is 11.6 Å².